The molecule has 0 aromatic carbocycles. The Kier molecular flexibility index (Phi) is 7.71. The molecule has 0 bridgehead atoms. The van der Waals surface area contributed by atoms with Crippen LogP contribution in [0.25, 0.3) is 5.69 Å². The molecular formula is C18H24N4O2S2. The Morgan fingerprint density at radius 3 is 2.69 bits per heavy atom. The second kappa shape index (κ2) is 9.78. The molecule has 6 nitrogen and oxygen atoms in total. The van der Waals surface area contributed by atoms with Crippen LogP contribution < -0.4 is 4.90 Å². The molecule has 0 aliphatic rings. The van der Waals surface area contributed by atoms with E-state index in [4.69, 9.17) is 0 Å². The van der Waals surface area contributed by atoms with Crippen molar-refractivity contribution in [3.63, 3.8) is 0 Å². The van der Waals surface area contributed by atoms with Gasteiger partial charge in [-0.3, -0.25) is 14.6 Å². The number of carbonyl (C=O) groups excluding carboxylic acids is 2. The average Bonchev–Trinajstić information content (AvgIpc) is 3.02. The highest BCUT2D eigenvalue weighted by Gasteiger charge is 2.29. The molecule has 2 amide bonds. The molecule has 1 atom stereocenters. The van der Waals surface area contributed by atoms with Crippen LogP contribution in [0.3, 0.4) is 0 Å². The number of thioether (sulfide) groups is 2. The van der Waals surface area contributed by atoms with Crippen LogP contribution >= 0.6 is 23.5 Å². The number of carbonyl (C=O) groups is 2. The van der Waals surface area contributed by atoms with Gasteiger partial charge in [0.25, 0.3) is 0 Å². The van der Waals surface area contributed by atoms with E-state index >= 15 is 0 Å². The molecule has 0 N–H and O–H groups in total. The Hall–Kier alpha value is -1.80. The highest BCUT2D eigenvalue weighted by atomic mass is 32.2. The molecule has 0 saturated heterocycles. The summed E-state index contributed by atoms with van der Waals surface area (Å²) >= 11 is 3.18. The number of aryl methyl sites for hydroxylation is 1. The smallest absolute Gasteiger partial charge is 0.237 e. The van der Waals surface area contributed by atoms with E-state index in [9.17, 15) is 9.59 Å². The Morgan fingerprint density at radius 2 is 2.08 bits per heavy atom. The normalized spacial score (nSPS) is 12.0. The lowest BCUT2D eigenvalue weighted by Crippen LogP contribution is -2.41. The molecule has 0 radical (unpaired) electrons. The Bertz CT molecular complexity index is 749. The zero-order valence-electron chi connectivity index (χ0n) is 15.5. The average molecular weight is 393 g/mol. The maximum Gasteiger partial charge on any atom is 0.237 e. The van der Waals surface area contributed by atoms with Crippen molar-refractivity contribution in [3.8, 4) is 5.69 Å². The maximum absolute atomic E-state index is 13.0. The summed E-state index contributed by atoms with van der Waals surface area (Å²) in [6.07, 6.45) is 9.32. The Balaban J connectivity index is 2.40. The number of rotatable bonds is 8. The predicted octanol–water partition coefficient (Wildman–Crippen LogP) is 3.19. The van der Waals surface area contributed by atoms with Gasteiger partial charge in [-0.15, -0.1) is 0 Å². The topological polar surface area (TPSA) is 68.1 Å². The van der Waals surface area contributed by atoms with Crippen molar-refractivity contribution in [3.05, 3.63) is 36.4 Å². The fourth-order valence-corrected chi connectivity index (χ4v) is 3.53. The second-order valence-electron chi connectivity index (χ2n) is 5.92. The van der Waals surface area contributed by atoms with Crippen molar-refractivity contribution < 1.29 is 9.59 Å². The van der Waals surface area contributed by atoms with Gasteiger partial charge in [0.2, 0.25) is 11.8 Å². The summed E-state index contributed by atoms with van der Waals surface area (Å²) in [4.78, 5) is 31.2. The minimum absolute atomic E-state index is 0.181. The van der Waals surface area contributed by atoms with E-state index < -0.39 is 0 Å². The van der Waals surface area contributed by atoms with Crippen molar-refractivity contribution in [1.82, 2.24) is 14.8 Å². The third-order valence-corrected chi connectivity index (χ3v) is 5.30. The highest BCUT2D eigenvalue weighted by Crippen LogP contribution is 2.24. The van der Waals surface area contributed by atoms with Crippen LogP contribution in [-0.4, -0.2) is 50.6 Å². The molecule has 1 unspecified atom stereocenters. The summed E-state index contributed by atoms with van der Waals surface area (Å²) in [5.41, 5.74) is 1.96. The van der Waals surface area contributed by atoms with Crippen LogP contribution in [0.1, 0.15) is 19.0 Å². The standard InChI is InChI=1S/C18H24N4O2S2/c1-13(12-26-4)18(24)22(17(23)7-9-25-3)16-11-21(20-14(16)2)15-6-5-8-19-10-15/h5-6,8,10-11,13H,7,9,12H2,1-4H3. The van der Waals surface area contributed by atoms with Gasteiger partial charge in [0, 0.05) is 30.0 Å². The largest absolute Gasteiger partial charge is 0.274 e. The van der Waals surface area contributed by atoms with Gasteiger partial charge in [-0.1, -0.05) is 6.92 Å². The summed E-state index contributed by atoms with van der Waals surface area (Å²) < 4.78 is 1.65. The molecule has 8 heteroatoms. The summed E-state index contributed by atoms with van der Waals surface area (Å²) in [6.45, 7) is 3.66. The van der Waals surface area contributed by atoms with Gasteiger partial charge in [0.15, 0.2) is 0 Å². The molecule has 26 heavy (non-hydrogen) atoms. The molecule has 0 aliphatic carbocycles. The first-order valence-electron chi connectivity index (χ1n) is 8.31. The lowest BCUT2D eigenvalue weighted by Gasteiger charge is -2.23. The number of amides is 2. The van der Waals surface area contributed by atoms with Crippen LogP contribution in [-0.2, 0) is 9.59 Å². The molecule has 2 aromatic heterocycles. The lowest BCUT2D eigenvalue weighted by atomic mass is 10.1. The molecular weight excluding hydrogens is 368 g/mol. The third kappa shape index (κ3) is 4.88. The van der Waals surface area contributed by atoms with E-state index in [-0.39, 0.29) is 17.7 Å². The predicted molar refractivity (Wildman–Crippen MR) is 109 cm³/mol. The summed E-state index contributed by atoms with van der Waals surface area (Å²) in [7, 11) is 0. The monoisotopic (exact) mass is 392 g/mol. The zero-order chi connectivity index (χ0) is 19.1. The van der Waals surface area contributed by atoms with Gasteiger partial charge in [0.05, 0.1) is 29.5 Å². The number of anilines is 1. The van der Waals surface area contributed by atoms with Crippen LogP contribution in [0.15, 0.2) is 30.7 Å². The highest BCUT2D eigenvalue weighted by molar-refractivity contribution is 7.98. The van der Waals surface area contributed by atoms with E-state index in [1.807, 2.05) is 38.5 Å². The molecule has 0 saturated carbocycles. The molecule has 140 valence electrons. The van der Waals surface area contributed by atoms with Gasteiger partial charge >= 0.3 is 0 Å². The van der Waals surface area contributed by atoms with Crippen molar-refractivity contribution in [2.24, 2.45) is 5.92 Å². The number of hydrogen-bond donors (Lipinski definition) is 0. The van der Waals surface area contributed by atoms with Crippen LogP contribution in [0, 0.1) is 12.8 Å². The van der Waals surface area contributed by atoms with E-state index in [2.05, 4.69) is 10.1 Å². The van der Waals surface area contributed by atoms with Crippen molar-refractivity contribution in [1.29, 1.82) is 0 Å². The van der Waals surface area contributed by atoms with Crippen LogP contribution in [0.5, 0.6) is 0 Å². The second-order valence-corrected chi connectivity index (χ2v) is 7.82. The van der Waals surface area contributed by atoms with Gasteiger partial charge in [-0.25, -0.2) is 9.58 Å². The number of imide groups is 1. The first kappa shape index (κ1) is 20.5. The quantitative estimate of drug-likeness (QED) is 0.687. The van der Waals surface area contributed by atoms with E-state index in [0.29, 0.717) is 29.3 Å². The zero-order valence-corrected chi connectivity index (χ0v) is 17.1. The minimum atomic E-state index is -0.246. The van der Waals surface area contributed by atoms with Gasteiger partial charge in [-0.2, -0.15) is 28.6 Å². The van der Waals surface area contributed by atoms with Crippen molar-refractivity contribution in [2.45, 2.75) is 20.3 Å². The number of nitrogens with zero attached hydrogens (tertiary/aromatic N) is 4. The molecule has 0 aliphatic heterocycles. The van der Waals surface area contributed by atoms with E-state index in [0.717, 1.165) is 5.69 Å². The Labute approximate surface area is 162 Å². The first-order chi connectivity index (χ1) is 12.5. The van der Waals surface area contributed by atoms with Crippen LogP contribution in [0.2, 0.25) is 0 Å². The maximum atomic E-state index is 13.0. The first-order valence-corrected chi connectivity index (χ1v) is 11.1. The van der Waals surface area contributed by atoms with Gasteiger partial charge < -0.3 is 0 Å². The summed E-state index contributed by atoms with van der Waals surface area (Å²) in [5.74, 6) is 0.728. The molecule has 2 aromatic rings. The van der Waals surface area contributed by atoms with Crippen molar-refractivity contribution in [2.75, 3.05) is 28.9 Å². The molecule has 0 spiro atoms. The fourth-order valence-electron chi connectivity index (χ4n) is 2.51. The lowest BCUT2D eigenvalue weighted by molar-refractivity contribution is -0.128. The summed E-state index contributed by atoms with van der Waals surface area (Å²) in [5, 5.41) is 4.47. The number of pyridine rings is 1. The minimum Gasteiger partial charge on any atom is -0.274 e. The van der Waals surface area contributed by atoms with E-state index in [1.54, 1.807) is 46.8 Å². The SMILES string of the molecule is CSCCC(=O)N(C(=O)C(C)CSC)c1cn(-c2cccnc2)nc1C. The third-order valence-electron chi connectivity index (χ3n) is 3.85. The van der Waals surface area contributed by atoms with Crippen LogP contribution in [0.4, 0.5) is 5.69 Å². The fraction of sp³-hybridized carbons (Fsp3) is 0.444. The van der Waals surface area contributed by atoms with Gasteiger partial charge in [0.1, 0.15) is 0 Å². The van der Waals surface area contributed by atoms with E-state index in [1.165, 1.54) is 4.90 Å². The molecule has 2 heterocycles. The number of aromatic nitrogens is 3. The summed E-state index contributed by atoms with van der Waals surface area (Å²) in [6, 6.07) is 3.69. The molecule has 2 rings (SSSR count). The Morgan fingerprint density at radius 1 is 1.31 bits per heavy atom. The van der Waals surface area contributed by atoms with Gasteiger partial charge in [-0.05, 0) is 31.6 Å². The van der Waals surface area contributed by atoms with Crippen molar-refractivity contribution >= 4 is 41.0 Å². The number of hydrogen-bond acceptors (Lipinski definition) is 6. The molecule has 0 fully saturated rings.